The van der Waals surface area contributed by atoms with E-state index in [1.807, 2.05) is 24.3 Å². The molecule has 0 bridgehead atoms. The molecule has 0 saturated heterocycles. The number of nitrogens with zero attached hydrogens (tertiary/aromatic N) is 2. The van der Waals surface area contributed by atoms with Gasteiger partial charge in [0.1, 0.15) is 5.69 Å². The van der Waals surface area contributed by atoms with Gasteiger partial charge in [-0.05, 0) is 29.7 Å². The van der Waals surface area contributed by atoms with Gasteiger partial charge >= 0.3 is 0 Å². The van der Waals surface area contributed by atoms with E-state index >= 15 is 0 Å². The second-order valence-electron chi connectivity index (χ2n) is 4.95. The molecule has 0 aliphatic carbocycles. The van der Waals surface area contributed by atoms with Crippen molar-refractivity contribution >= 4 is 27.6 Å². The highest BCUT2D eigenvalue weighted by atomic mass is 32.2. The number of primary sulfonamides is 1. The van der Waals surface area contributed by atoms with Crippen LogP contribution in [-0.2, 0) is 16.4 Å². The Kier molecular flexibility index (Phi) is 5.27. The largest absolute Gasteiger partial charge is 0.295 e. The number of nitro benzene ring substituents is 1. The van der Waals surface area contributed by atoms with Crippen LogP contribution < -0.4 is 10.6 Å². The van der Waals surface area contributed by atoms with Gasteiger partial charge in [-0.3, -0.25) is 15.5 Å². The van der Waals surface area contributed by atoms with Crippen LogP contribution in [0.1, 0.15) is 18.1 Å². The van der Waals surface area contributed by atoms with Gasteiger partial charge in [0, 0.05) is 6.07 Å². The summed E-state index contributed by atoms with van der Waals surface area (Å²) in [5, 5.41) is 20.0. The number of rotatable bonds is 6. The van der Waals surface area contributed by atoms with E-state index < -0.39 is 20.6 Å². The fraction of sp³-hybridized carbons (Fsp3) is 0.133. The van der Waals surface area contributed by atoms with Crippen molar-refractivity contribution in [2.24, 2.45) is 10.2 Å². The van der Waals surface area contributed by atoms with E-state index in [4.69, 9.17) is 5.14 Å². The normalized spacial score (nSPS) is 11.6. The Morgan fingerprint density at radius 3 is 2.46 bits per heavy atom. The molecule has 0 aliphatic heterocycles. The molecule has 0 unspecified atom stereocenters. The maximum Gasteiger partial charge on any atom is 0.295 e. The first-order valence-electron chi connectivity index (χ1n) is 7.00. The van der Waals surface area contributed by atoms with Gasteiger partial charge in [-0.1, -0.05) is 31.2 Å². The van der Waals surface area contributed by atoms with Gasteiger partial charge in [-0.15, -0.1) is 0 Å². The molecule has 0 amide bonds. The minimum Gasteiger partial charge on any atom is -0.272 e. The number of benzene rings is 2. The van der Waals surface area contributed by atoms with Crippen molar-refractivity contribution in [3.63, 3.8) is 0 Å². The monoisotopic (exact) mass is 348 g/mol. The van der Waals surface area contributed by atoms with E-state index in [0.29, 0.717) is 0 Å². The molecule has 0 spiro atoms. The van der Waals surface area contributed by atoms with Crippen LogP contribution in [0.15, 0.2) is 52.5 Å². The van der Waals surface area contributed by atoms with E-state index in [1.165, 1.54) is 23.9 Å². The fourth-order valence-electron chi connectivity index (χ4n) is 1.95. The highest BCUT2D eigenvalue weighted by Gasteiger charge is 2.18. The predicted octanol–water partition coefficient (Wildman–Crippen LogP) is 2.25. The quantitative estimate of drug-likeness (QED) is 0.470. The maximum atomic E-state index is 11.3. The molecule has 2 rings (SSSR count). The summed E-state index contributed by atoms with van der Waals surface area (Å²) in [6.45, 7) is 2.05. The summed E-state index contributed by atoms with van der Waals surface area (Å²) in [6.07, 6.45) is 2.44. The SMILES string of the molecule is CCc1ccc(/C=N\Nc2ccc(S(N)(=O)=O)cc2[N+](=O)[O-])cc1. The van der Waals surface area contributed by atoms with Gasteiger partial charge in [0.15, 0.2) is 0 Å². The Bertz CT molecular complexity index is 877. The van der Waals surface area contributed by atoms with Crippen LogP contribution in [0.4, 0.5) is 11.4 Å². The molecule has 0 atom stereocenters. The number of anilines is 1. The van der Waals surface area contributed by atoms with Crippen LogP contribution in [0, 0.1) is 10.1 Å². The smallest absolute Gasteiger partial charge is 0.272 e. The summed E-state index contributed by atoms with van der Waals surface area (Å²) in [6, 6.07) is 11.0. The number of hydrogen-bond donors (Lipinski definition) is 2. The zero-order valence-corrected chi connectivity index (χ0v) is 13.7. The first kappa shape index (κ1) is 17.6. The lowest BCUT2D eigenvalue weighted by Gasteiger charge is -2.04. The van der Waals surface area contributed by atoms with Crippen LogP contribution in [0.25, 0.3) is 0 Å². The zero-order chi connectivity index (χ0) is 17.7. The average Bonchev–Trinajstić information content (AvgIpc) is 2.54. The average molecular weight is 348 g/mol. The Morgan fingerprint density at radius 1 is 1.25 bits per heavy atom. The molecular formula is C15H16N4O4S. The van der Waals surface area contributed by atoms with Crippen molar-refractivity contribution < 1.29 is 13.3 Å². The zero-order valence-electron chi connectivity index (χ0n) is 12.8. The Hall–Kier alpha value is -2.78. The molecule has 8 nitrogen and oxygen atoms in total. The van der Waals surface area contributed by atoms with E-state index in [-0.39, 0.29) is 10.6 Å². The molecular weight excluding hydrogens is 332 g/mol. The molecule has 0 aliphatic rings. The minimum absolute atomic E-state index is 0.0637. The molecule has 0 saturated carbocycles. The molecule has 3 N–H and O–H groups in total. The molecule has 0 fully saturated rings. The Labute approximate surface area is 139 Å². The van der Waals surface area contributed by atoms with Crippen molar-refractivity contribution in [3.05, 3.63) is 63.7 Å². The van der Waals surface area contributed by atoms with Gasteiger partial charge < -0.3 is 0 Å². The molecule has 0 radical (unpaired) electrons. The lowest BCUT2D eigenvalue weighted by molar-refractivity contribution is -0.384. The standard InChI is InChI=1S/C15H16N4O4S/c1-2-11-3-5-12(6-4-11)10-17-18-14-8-7-13(24(16,22)23)9-15(14)19(20)21/h3-10,18H,2H2,1H3,(H2,16,22,23)/b17-10-. The highest BCUT2D eigenvalue weighted by molar-refractivity contribution is 7.89. The number of hydrogen-bond acceptors (Lipinski definition) is 6. The van der Waals surface area contributed by atoms with Gasteiger partial charge in [0.25, 0.3) is 5.69 Å². The van der Waals surface area contributed by atoms with Crippen molar-refractivity contribution in [2.45, 2.75) is 18.2 Å². The highest BCUT2D eigenvalue weighted by Crippen LogP contribution is 2.27. The topological polar surface area (TPSA) is 128 Å². The fourth-order valence-corrected chi connectivity index (χ4v) is 2.48. The van der Waals surface area contributed by atoms with Gasteiger partial charge in [0.2, 0.25) is 10.0 Å². The van der Waals surface area contributed by atoms with E-state index in [0.717, 1.165) is 18.1 Å². The van der Waals surface area contributed by atoms with Crippen molar-refractivity contribution in [2.75, 3.05) is 5.43 Å². The lowest BCUT2D eigenvalue weighted by Crippen LogP contribution is -2.12. The van der Waals surface area contributed by atoms with Crippen molar-refractivity contribution in [1.82, 2.24) is 0 Å². The van der Waals surface area contributed by atoms with Crippen molar-refractivity contribution in [1.29, 1.82) is 0 Å². The summed E-state index contributed by atoms with van der Waals surface area (Å²) in [5.74, 6) is 0. The number of nitrogens with one attached hydrogen (secondary N) is 1. The second-order valence-corrected chi connectivity index (χ2v) is 6.51. The number of aryl methyl sites for hydroxylation is 1. The summed E-state index contributed by atoms with van der Waals surface area (Å²) in [5.41, 5.74) is 4.19. The molecule has 24 heavy (non-hydrogen) atoms. The summed E-state index contributed by atoms with van der Waals surface area (Å²) in [7, 11) is -4.02. The Balaban J connectivity index is 2.22. The summed E-state index contributed by atoms with van der Waals surface area (Å²) < 4.78 is 22.6. The van der Waals surface area contributed by atoms with Crippen molar-refractivity contribution in [3.8, 4) is 0 Å². The van der Waals surface area contributed by atoms with Crippen LogP contribution in [0.2, 0.25) is 0 Å². The van der Waals surface area contributed by atoms with Gasteiger partial charge in [0.05, 0.1) is 16.0 Å². The summed E-state index contributed by atoms with van der Waals surface area (Å²) >= 11 is 0. The molecule has 0 heterocycles. The van der Waals surface area contributed by atoms with Crippen LogP contribution >= 0.6 is 0 Å². The lowest BCUT2D eigenvalue weighted by atomic mass is 10.1. The third kappa shape index (κ3) is 4.37. The molecule has 9 heteroatoms. The maximum absolute atomic E-state index is 11.3. The predicted molar refractivity (Wildman–Crippen MR) is 91.5 cm³/mol. The first-order chi connectivity index (χ1) is 11.3. The van der Waals surface area contributed by atoms with Crippen LogP contribution in [0.5, 0.6) is 0 Å². The van der Waals surface area contributed by atoms with Crippen LogP contribution in [-0.4, -0.2) is 19.6 Å². The molecule has 2 aromatic rings. The third-order valence-electron chi connectivity index (χ3n) is 3.28. The third-order valence-corrected chi connectivity index (χ3v) is 4.19. The second kappa shape index (κ2) is 7.20. The molecule has 0 aromatic heterocycles. The van der Waals surface area contributed by atoms with E-state index in [2.05, 4.69) is 17.5 Å². The number of hydrazone groups is 1. The summed E-state index contributed by atoms with van der Waals surface area (Å²) in [4.78, 5) is 10.0. The number of nitrogens with two attached hydrogens (primary N) is 1. The Morgan fingerprint density at radius 2 is 1.92 bits per heavy atom. The van der Waals surface area contributed by atoms with Crippen LogP contribution in [0.3, 0.4) is 0 Å². The van der Waals surface area contributed by atoms with Gasteiger partial charge in [-0.25, -0.2) is 13.6 Å². The van der Waals surface area contributed by atoms with E-state index in [1.54, 1.807) is 0 Å². The number of nitro groups is 1. The number of sulfonamides is 1. The first-order valence-corrected chi connectivity index (χ1v) is 8.55. The molecule has 2 aromatic carbocycles. The van der Waals surface area contributed by atoms with Gasteiger partial charge in [-0.2, -0.15) is 5.10 Å². The molecule has 126 valence electrons. The van der Waals surface area contributed by atoms with E-state index in [9.17, 15) is 18.5 Å². The minimum atomic E-state index is -4.02.